The van der Waals surface area contributed by atoms with Crippen molar-refractivity contribution < 1.29 is 8.42 Å². The van der Waals surface area contributed by atoms with E-state index in [9.17, 15) is 8.42 Å². The topological polar surface area (TPSA) is 85.1 Å². The lowest BCUT2D eigenvalue weighted by Crippen LogP contribution is -2.15. The summed E-state index contributed by atoms with van der Waals surface area (Å²) in [6, 6.07) is 6.85. The van der Waals surface area contributed by atoms with E-state index in [1.807, 2.05) is 13.0 Å². The Balaban J connectivity index is 2.36. The zero-order valence-electron chi connectivity index (χ0n) is 10.6. The molecular formula is C12H15N3O2S2. The number of sulfonamides is 1. The maximum atomic E-state index is 12.2. The average Bonchev–Trinajstić information content (AvgIpc) is 2.76. The van der Waals surface area contributed by atoms with Gasteiger partial charge in [-0.15, -0.1) is 11.3 Å². The maximum Gasteiger partial charge on any atom is 0.273 e. The van der Waals surface area contributed by atoms with E-state index in [1.54, 1.807) is 25.1 Å². The lowest BCUT2D eigenvalue weighted by Gasteiger charge is -2.13. The lowest BCUT2D eigenvalue weighted by atomic mass is 10.1. The van der Waals surface area contributed by atoms with Gasteiger partial charge in [-0.05, 0) is 25.5 Å². The second-order valence-corrected chi connectivity index (χ2v) is 7.32. The molecule has 0 aliphatic heterocycles. The second kappa shape index (κ2) is 5.28. The second-order valence-electron chi connectivity index (χ2n) is 4.18. The average molecular weight is 297 g/mol. The van der Waals surface area contributed by atoms with Crippen LogP contribution in [0.3, 0.4) is 0 Å². The highest BCUT2D eigenvalue weighted by molar-refractivity contribution is 7.94. The molecule has 5 nitrogen and oxygen atoms in total. The quantitative estimate of drug-likeness (QED) is 0.906. The Morgan fingerprint density at radius 2 is 2.05 bits per heavy atom. The van der Waals surface area contributed by atoms with Crippen LogP contribution in [0.1, 0.15) is 23.5 Å². The van der Waals surface area contributed by atoms with Crippen molar-refractivity contribution >= 4 is 27.0 Å². The smallest absolute Gasteiger partial charge is 0.273 e. The minimum atomic E-state index is -3.60. The van der Waals surface area contributed by atoms with E-state index < -0.39 is 10.0 Å². The van der Waals surface area contributed by atoms with Crippen LogP contribution in [0.5, 0.6) is 0 Å². The lowest BCUT2D eigenvalue weighted by molar-refractivity contribution is 0.603. The van der Waals surface area contributed by atoms with Crippen molar-refractivity contribution in [1.29, 1.82) is 0 Å². The standard InChI is InChI=1S/C12H15N3O2S2/c1-8(13)10-5-3-4-6-11(10)15-19(16,17)12-7-14-9(2)18-12/h3-8,15H,13H2,1-2H3. The number of para-hydroxylation sites is 1. The number of nitrogens with one attached hydrogen (secondary N) is 1. The summed E-state index contributed by atoms with van der Waals surface area (Å²) < 4.78 is 27.2. The third-order valence-corrected chi connectivity index (χ3v) is 5.30. The van der Waals surface area contributed by atoms with Crippen LogP contribution in [0.15, 0.2) is 34.7 Å². The first-order chi connectivity index (χ1) is 8.90. The molecule has 0 spiro atoms. The molecule has 2 rings (SSSR count). The van der Waals surface area contributed by atoms with Gasteiger partial charge in [-0.25, -0.2) is 13.4 Å². The number of thiazole rings is 1. The molecule has 19 heavy (non-hydrogen) atoms. The molecule has 1 aromatic heterocycles. The molecular weight excluding hydrogens is 282 g/mol. The monoisotopic (exact) mass is 297 g/mol. The molecule has 0 bridgehead atoms. The number of hydrogen-bond donors (Lipinski definition) is 2. The first-order valence-corrected chi connectivity index (χ1v) is 8.00. The summed E-state index contributed by atoms with van der Waals surface area (Å²) in [5.74, 6) is 0. The fourth-order valence-electron chi connectivity index (χ4n) is 1.65. The van der Waals surface area contributed by atoms with Crippen LogP contribution >= 0.6 is 11.3 Å². The maximum absolute atomic E-state index is 12.2. The molecule has 102 valence electrons. The zero-order chi connectivity index (χ0) is 14.0. The molecule has 1 aromatic carbocycles. The number of nitrogens with two attached hydrogens (primary N) is 1. The predicted molar refractivity (Wildman–Crippen MR) is 76.7 cm³/mol. The summed E-state index contributed by atoms with van der Waals surface area (Å²) in [5.41, 5.74) is 7.09. The number of rotatable bonds is 4. The molecule has 0 saturated heterocycles. The molecule has 1 unspecified atom stereocenters. The molecule has 0 aliphatic carbocycles. The first-order valence-electron chi connectivity index (χ1n) is 5.70. The van der Waals surface area contributed by atoms with Gasteiger partial charge in [-0.3, -0.25) is 4.72 Å². The molecule has 7 heteroatoms. The van der Waals surface area contributed by atoms with Crippen LogP contribution in [0, 0.1) is 6.92 Å². The fraction of sp³-hybridized carbons (Fsp3) is 0.250. The summed E-state index contributed by atoms with van der Waals surface area (Å²) in [5, 5.41) is 0.709. The third-order valence-electron chi connectivity index (χ3n) is 2.56. The number of nitrogens with zero attached hydrogens (tertiary/aromatic N) is 1. The Morgan fingerprint density at radius 3 is 2.63 bits per heavy atom. The van der Waals surface area contributed by atoms with Gasteiger partial charge in [0.05, 0.1) is 16.9 Å². The van der Waals surface area contributed by atoms with Crippen molar-refractivity contribution in [2.45, 2.75) is 24.1 Å². The van der Waals surface area contributed by atoms with Crippen molar-refractivity contribution in [2.24, 2.45) is 5.73 Å². The van der Waals surface area contributed by atoms with E-state index in [0.717, 1.165) is 16.9 Å². The van der Waals surface area contributed by atoms with E-state index in [2.05, 4.69) is 9.71 Å². The van der Waals surface area contributed by atoms with Gasteiger partial charge in [0.15, 0.2) is 4.21 Å². The van der Waals surface area contributed by atoms with E-state index in [-0.39, 0.29) is 10.3 Å². The number of aryl methyl sites for hydroxylation is 1. The first kappa shape index (κ1) is 14.0. The van der Waals surface area contributed by atoms with Crippen LogP contribution in [0.4, 0.5) is 5.69 Å². The van der Waals surface area contributed by atoms with Gasteiger partial charge in [0.25, 0.3) is 10.0 Å². The number of hydrogen-bond acceptors (Lipinski definition) is 5. The van der Waals surface area contributed by atoms with Crippen LogP contribution < -0.4 is 10.5 Å². The molecule has 1 heterocycles. The van der Waals surface area contributed by atoms with E-state index in [1.165, 1.54) is 6.20 Å². The summed E-state index contributed by atoms with van der Waals surface area (Å²) in [6.45, 7) is 3.57. The molecule has 0 saturated carbocycles. The van der Waals surface area contributed by atoms with Crippen LogP contribution in [0.2, 0.25) is 0 Å². The SMILES string of the molecule is Cc1ncc(S(=O)(=O)Nc2ccccc2C(C)N)s1. The third kappa shape index (κ3) is 3.12. The number of benzene rings is 1. The van der Waals surface area contributed by atoms with E-state index in [0.29, 0.717) is 10.7 Å². The van der Waals surface area contributed by atoms with E-state index in [4.69, 9.17) is 5.73 Å². The molecule has 0 fully saturated rings. The predicted octanol–water partition coefficient (Wildman–Crippen LogP) is 2.27. The van der Waals surface area contributed by atoms with Crippen molar-refractivity contribution in [2.75, 3.05) is 4.72 Å². The fourth-order valence-corrected chi connectivity index (χ4v) is 3.84. The molecule has 0 radical (unpaired) electrons. The number of aromatic nitrogens is 1. The van der Waals surface area contributed by atoms with Gasteiger partial charge in [0, 0.05) is 6.04 Å². The Kier molecular flexibility index (Phi) is 3.88. The van der Waals surface area contributed by atoms with Gasteiger partial charge in [0.1, 0.15) is 0 Å². The normalized spacial score (nSPS) is 13.2. The van der Waals surface area contributed by atoms with Gasteiger partial charge < -0.3 is 5.73 Å². The number of anilines is 1. The molecule has 3 N–H and O–H groups in total. The molecule has 0 aliphatic rings. The Morgan fingerprint density at radius 1 is 1.37 bits per heavy atom. The summed E-state index contributed by atoms with van der Waals surface area (Å²) in [4.78, 5) is 3.96. The Hall–Kier alpha value is -1.44. The summed E-state index contributed by atoms with van der Waals surface area (Å²) in [7, 11) is -3.60. The van der Waals surface area contributed by atoms with Crippen molar-refractivity contribution in [3.05, 3.63) is 41.0 Å². The van der Waals surface area contributed by atoms with Crippen LogP contribution in [-0.4, -0.2) is 13.4 Å². The molecule has 2 aromatic rings. The van der Waals surface area contributed by atoms with Gasteiger partial charge in [-0.2, -0.15) is 0 Å². The summed E-state index contributed by atoms with van der Waals surface area (Å²) in [6.07, 6.45) is 1.36. The zero-order valence-corrected chi connectivity index (χ0v) is 12.3. The molecule has 1 atom stereocenters. The van der Waals surface area contributed by atoms with Crippen molar-refractivity contribution in [3.8, 4) is 0 Å². The Labute approximate surface area is 116 Å². The van der Waals surface area contributed by atoms with Gasteiger partial charge >= 0.3 is 0 Å². The van der Waals surface area contributed by atoms with Gasteiger partial charge in [-0.1, -0.05) is 18.2 Å². The molecule has 0 amide bonds. The minimum absolute atomic E-state index is 0.199. The highest BCUT2D eigenvalue weighted by atomic mass is 32.2. The van der Waals surface area contributed by atoms with Crippen LogP contribution in [-0.2, 0) is 10.0 Å². The summed E-state index contributed by atoms with van der Waals surface area (Å²) >= 11 is 1.14. The minimum Gasteiger partial charge on any atom is -0.324 e. The van der Waals surface area contributed by atoms with E-state index >= 15 is 0 Å². The van der Waals surface area contributed by atoms with Crippen LogP contribution in [0.25, 0.3) is 0 Å². The Bertz CT molecular complexity index is 678. The largest absolute Gasteiger partial charge is 0.324 e. The highest BCUT2D eigenvalue weighted by Gasteiger charge is 2.19. The van der Waals surface area contributed by atoms with Gasteiger partial charge in [0.2, 0.25) is 0 Å². The highest BCUT2D eigenvalue weighted by Crippen LogP contribution is 2.25. The van der Waals surface area contributed by atoms with Crippen molar-refractivity contribution in [3.63, 3.8) is 0 Å². The van der Waals surface area contributed by atoms with Crippen molar-refractivity contribution in [1.82, 2.24) is 4.98 Å².